The molecule has 0 saturated heterocycles. The number of hydrogen-bond donors (Lipinski definition) is 1. The van der Waals surface area contributed by atoms with Crippen molar-refractivity contribution < 1.29 is 14.7 Å². The molecule has 3 nitrogen and oxygen atoms in total. The predicted molar refractivity (Wildman–Crippen MR) is 65.4 cm³/mol. The van der Waals surface area contributed by atoms with E-state index in [1.165, 1.54) is 6.08 Å². The minimum atomic E-state index is -1.04. The van der Waals surface area contributed by atoms with Gasteiger partial charge >= 0.3 is 5.97 Å². The van der Waals surface area contributed by atoms with E-state index in [0.717, 1.165) is 6.08 Å². The lowest BCUT2D eigenvalue weighted by Gasteiger charge is -2.05. The number of halogens is 1. The molecular formula is C12H11BrO3. The van der Waals surface area contributed by atoms with Gasteiger partial charge in [-0.3, -0.25) is 4.79 Å². The molecule has 1 N–H and O–H groups in total. The summed E-state index contributed by atoms with van der Waals surface area (Å²) < 4.78 is 0.712. The lowest BCUT2D eigenvalue weighted by Crippen LogP contribution is -2.00. The van der Waals surface area contributed by atoms with Crippen molar-refractivity contribution in [3.05, 3.63) is 39.9 Å². The molecule has 1 aromatic carbocycles. The van der Waals surface area contributed by atoms with Crippen LogP contribution in [0.1, 0.15) is 29.3 Å². The van der Waals surface area contributed by atoms with Gasteiger partial charge in [0, 0.05) is 22.5 Å². The minimum Gasteiger partial charge on any atom is -0.478 e. The summed E-state index contributed by atoms with van der Waals surface area (Å²) in [7, 11) is 0. The summed E-state index contributed by atoms with van der Waals surface area (Å²) in [6.07, 6.45) is 2.84. The quantitative estimate of drug-likeness (QED) is 0.682. The molecule has 0 unspecified atom stereocenters. The molecular weight excluding hydrogens is 272 g/mol. The van der Waals surface area contributed by atoms with Crippen molar-refractivity contribution in [2.75, 3.05) is 0 Å². The van der Waals surface area contributed by atoms with E-state index in [-0.39, 0.29) is 5.78 Å². The van der Waals surface area contributed by atoms with Gasteiger partial charge in [0.05, 0.1) is 0 Å². The first kappa shape index (κ1) is 12.6. The summed E-state index contributed by atoms with van der Waals surface area (Å²) >= 11 is 3.30. The van der Waals surface area contributed by atoms with Crippen LogP contribution in [0.15, 0.2) is 28.7 Å². The largest absolute Gasteiger partial charge is 0.478 e. The second-order valence-electron chi connectivity index (χ2n) is 3.15. The summed E-state index contributed by atoms with van der Waals surface area (Å²) in [5.41, 5.74) is 1.14. The van der Waals surface area contributed by atoms with Crippen molar-refractivity contribution in [2.24, 2.45) is 0 Å². The SMILES string of the molecule is CCC(=O)c1cccc(Br)c1/C=C/C(=O)O. The van der Waals surface area contributed by atoms with E-state index in [0.29, 0.717) is 22.0 Å². The van der Waals surface area contributed by atoms with E-state index in [1.807, 2.05) is 0 Å². The van der Waals surface area contributed by atoms with E-state index in [1.54, 1.807) is 25.1 Å². The van der Waals surface area contributed by atoms with Crippen LogP contribution >= 0.6 is 15.9 Å². The fraction of sp³-hybridized carbons (Fsp3) is 0.167. The van der Waals surface area contributed by atoms with E-state index in [9.17, 15) is 9.59 Å². The molecule has 0 atom stereocenters. The lowest BCUT2D eigenvalue weighted by molar-refractivity contribution is -0.131. The molecule has 4 heteroatoms. The average molecular weight is 283 g/mol. The van der Waals surface area contributed by atoms with Crippen molar-refractivity contribution in [3.63, 3.8) is 0 Å². The van der Waals surface area contributed by atoms with Gasteiger partial charge in [0.15, 0.2) is 5.78 Å². The molecule has 1 aromatic rings. The lowest BCUT2D eigenvalue weighted by atomic mass is 10.0. The molecule has 0 aliphatic carbocycles. The van der Waals surface area contributed by atoms with E-state index < -0.39 is 5.97 Å². The summed E-state index contributed by atoms with van der Waals surface area (Å²) in [4.78, 5) is 22.1. The van der Waals surface area contributed by atoms with Gasteiger partial charge in [-0.2, -0.15) is 0 Å². The second-order valence-corrected chi connectivity index (χ2v) is 4.00. The molecule has 0 aromatic heterocycles. The minimum absolute atomic E-state index is 0.00802. The molecule has 0 spiro atoms. The van der Waals surface area contributed by atoms with Crippen molar-refractivity contribution in [1.29, 1.82) is 0 Å². The summed E-state index contributed by atoms with van der Waals surface area (Å²) in [6, 6.07) is 5.22. The summed E-state index contributed by atoms with van der Waals surface area (Å²) in [5, 5.41) is 8.57. The Morgan fingerprint density at radius 1 is 1.44 bits per heavy atom. The van der Waals surface area contributed by atoms with Gasteiger partial charge < -0.3 is 5.11 Å². The second kappa shape index (κ2) is 5.61. The highest BCUT2D eigenvalue weighted by molar-refractivity contribution is 9.10. The van der Waals surface area contributed by atoms with E-state index >= 15 is 0 Å². The van der Waals surface area contributed by atoms with Gasteiger partial charge in [0.25, 0.3) is 0 Å². The van der Waals surface area contributed by atoms with Crippen LogP contribution in [0.3, 0.4) is 0 Å². The van der Waals surface area contributed by atoms with Gasteiger partial charge in [-0.1, -0.05) is 35.0 Å². The van der Waals surface area contributed by atoms with Crippen LogP contribution in [0, 0.1) is 0 Å². The Balaban J connectivity index is 3.23. The molecule has 0 bridgehead atoms. The molecule has 84 valence electrons. The Bertz CT molecular complexity index is 450. The molecule has 0 radical (unpaired) electrons. The molecule has 0 aliphatic rings. The Morgan fingerprint density at radius 2 is 2.12 bits per heavy atom. The molecule has 0 heterocycles. The number of ketones is 1. The fourth-order valence-electron chi connectivity index (χ4n) is 1.29. The predicted octanol–water partition coefficient (Wildman–Crippen LogP) is 3.14. The molecule has 0 saturated carbocycles. The van der Waals surface area contributed by atoms with E-state index in [2.05, 4.69) is 15.9 Å². The monoisotopic (exact) mass is 282 g/mol. The highest BCUT2D eigenvalue weighted by Crippen LogP contribution is 2.23. The van der Waals surface area contributed by atoms with Crippen molar-refractivity contribution in [2.45, 2.75) is 13.3 Å². The summed E-state index contributed by atoms with van der Waals surface area (Å²) in [6.45, 7) is 1.77. The number of carbonyl (C=O) groups is 2. The average Bonchev–Trinajstić information content (AvgIpc) is 2.25. The molecule has 0 aliphatic heterocycles. The number of hydrogen-bond acceptors (Lipinski definition) is 2. The van der Waals surface area contributed by atoms with Crippen molar-refractivity contribution in [1.82, 2.24) is 0 Å². The van der Waals surface area contributed by atoms with Crippen LogP contribution in [0.25, 0.3) is 6.08 Å². The van der Waals surface area contributed by atoms with Crippen molar-refractivity contribution >= 4 is 33.8 Å². The third-order valence-corrected chi connectivity index (χ3v) is 2.76. The third-order valence-electron chi connectivity index (χ3n) is 2.07. The number of rotatable bonds is 4. The first-order chi connectivity index (χ1) is 7.56. The maximum atomic E-state index is 11.6. The number of carbonyl (C=O) groups excluding carboxylic acids is 1. The first-order valence-corrected chi connectivity index (χ1v) is 5.58. The van der Waals surface area contributed by atoms with Crippen LogP contribution in [0.2, 0.25) is 0 Å². The number of aliphatic carboxylic acids is 1. The van der Waals surface area contributed by atoms with Crippen LogP contribution in [0.5, 0.6) is 0 Å². The van der Waals surface area contributed by atoms with Gasteiger partial charge in [0.2, 0.25) is 0 Å². The first-order valence-electron chi connectivity index (χ1n) is 4.79. The fourth-order valence-corrected chi connectivity index (χ4v) is 1.79. The molecule has 0 amide bonds. The zero-order chi connectivity index (χ0) is 12.1. The Hall–Kier alpha value is -1.42. The summed E-state index contributed by atoms with van der Waals surface area (Å²) in [5.74, 6) is -1.04. The van der Waals surface area contributed by atoms with Crippen LogP contribution in [0.4, 0.5) is 0 Å². The normalized spacial score (nSPS) is 10.6. The van der Waals surface area contributed by atoms with Gasteiger partial charge in [-0.05, 0) is 17.7 Å². The molecule has 0 fully saturated rings. The third kappa shape index (κ3) is 3.03. The zero-order valence-corrected chi connectivity index (χ0v) is 10.3. The number of carboxylic acids is 1. The number of Topliss-reactive ketones (excluding diaryl/α,β-unsaturated/α-hetero) is 1. The van der Waals surface area contributed by atoms with Gasteiger partial charge in [0.1, 0.15) is 0 Å². The van der Waals surface area contributed by atoms with Crippen molar-refractivity contribution in [3.8, 4) is 0 Å². The number of carboxylic acid groups (broad SMARTS) is 1. The Morgan fingerprint density at radius 3 is 2.69 bits per heavy atom. The zero-order valence-electron chi connectivity index (χ0n) is 8.74. The Kier molecular flexibility index (Phi) is 4.43. The van der Waals surface area contributed by atoms with Crippen LogP contribution in [-0.4, -0.2) is 16.9 Å². The molecule has 1 rings (SSSR count). The van der Waals surface area contributed by atoms with Crippen LogP contribution < -0.4 is 0 Å². The van der Waals surface area contributed by atoms with Crippen LogP contribution in [-0.2, 0) is 4.79 Å². The highest BCUT2D eigenvalue weighted by atomic mass is 79.9. The van der Waals surface area contributed by atoms with Gasteiger partial charge in [-0.25, -0.2) is 4.79 Å². The topological polar surface area (TPSA) is 54.4 Å². The highest BCUT2D eigenvalue weighted by Gasteiger charge is 2.10. The number of benzene rings is 1. The van der Waals surface area contributed by atoms with Gasteiger partial charge in [-0.15, -0.1) is 0 Å². The Labute approximate surface area is 102 Å². The maximum Gasteiger partial charge on any atom is 0.328 e. The van der Waals surface area contributed by atoms with E-state index in [4.69, 9.17) is 5.11 Å². The smallest absolute Gasteiger partial charge is 0.328 e. The standard InChI is InChI=1S/C12H11BrO3/c1-2-11(14)9-4-3-5-10(13)8(9)6-7-12(15)16/h3-7H,2H2,1H3,(H,15,16)/b7-6+. The maximum absolute atomic E-state index is 11.6. The molecule has 16 heavy (non-hydrogen) atoms.